The van der Waals surface area contributed by atoms with Crippen molar-refractivity contribution in [1.82, 2.24) is 9.88 Å². The molecule has 1 fully saturated rings. The van der Waals surface area contributed by atoms with Crippen LogP contribution in [0.4, 0.5) is 5.69 Å². The summed E-state index contributed by atoms with van der Waals surface area (Å²) < 4.78 is 5.52. The number of hydrogen-bond donors (Lipinski definition) is 2. The van der Waals surface area contributed by atoms with Crippen LogP contribution in [-0.4, -0.2) is 42.0 Å². The van der Waals surface area contributed by atoms with Gasteiger partial charge in [0.1, 0.15) is 5.75 Å². The number of carbonyl (C=O) groups is 1. The predicted octanol–water partition coefficient (Wildman–Crippen LogP) is 6.19. The quantitative estimate of drug-likeness (QED) is 0.396. The maximum Gasteiger partial charge on any atom is 0.255 e. The van der Waals surface area contributed by atoms with Gasteiger partial charge in [-0.1, -0.05) is 25.8 Å². The Morgan fingerprint density at radius 3 is 2.75 bits per heavy atom. The highest BCUT2D eigenvalue weighted by atomic mass is 16.5. The lowest BCUT2D eigenvalue weighted by molar-refractivity contribution is 0.102. The highest BCUT2D eigenvalue weighted by Crippen LogP contribution is 2.34. The molecular formula is C27H35N3O2. The molecule has 0 bridgehead atoms. The Kier molecular flexibility index (Phi) is 7.48. The van der Waals surface area contributed by atoms with Gasteiger partial charge < -0.3 is 19.9 Å². The normalized spacial score (nSPS) is 15.2. The molecule has 2 N–H and O–H groups in total. The van der Waals surface area contributed by atoms with Crippen LogP contribution in [0.5, 0.6) is 5.75 Å². The zero-order chi connectivity index (χ0) is 22.3. The number of likely N-dealkylation sites (tertiary alicyclic amines) is 1. The number of anilines is 1. The van der Waals surface area contributed by atoms with E-state index in [-0.39, 0.29) is 5.91 Å². The van der Waals surface area contributed by atoms with Gasteiger partial charge in [0.2, 0.25) is 0 Å². The lowest BCUT2D eigenvalue weighted by Crippen LogP contribution is -2.33. The molecule has 1 aromatic heterocycles. The van der Waals surface area contributed by atoms with E-state index in [9.17, 15) is 4.79 Å². The fourth-order valence-electron chi connectivity index (χ4n) is 4.71. The lowest BCUT2D eigenvalue weighted by Gasteiger charge is -2.32. The number of aromatic amines is 1. The van der Waals surface area contributed by atoms with Gasteiger partial charge >= 0.3 is 0 Å². The first-order valence-corrected chi connectivity index (χ1v) is 12.1. The van der Waals surface area contributed by atoms with Gasteiger partial charge in [-0.05, 0) is 93.7 Å². The molecule has 0 atom stereocenters. The first-order valence-electron chi connectivity index (χ1n) is 12.1. The average molecular weight is 434 g/mol. The molecule has 3 aromatic rings. The van der Waals surface area contributed by atoms with Crippen molar-refractivity contribution in [2.75, 3.05) is 31.6 Å². The van der Waals surface area contributed by atoms with E-state index in [2.05, 4.69) is 40.5 Å². The van der Waals surface area contributed by atoms with E-state index in [1.165, 1.54) is 62.7 Å². The molecule has 170 valence electrons. The summed E-state index contributed by atoms with van der Waals surface area (Å²) >= 11 is 0. The second-order valence-corrected chi connectivity index (χ2v) is 8.74. The van der Waals surface area contributed by atoms with Crippen LogP contribution in [0.2, 0.25) is 0 Å². The minimum Gasteiger partial charge on any atom is -0.494 e. The number of benzene rings is 2. The molecule has 1 aliphatic heterocycles. The fourth-order valence-corrected chi connectivity index (χ4v) is 4.71. The number of aromatic nitrogens is 1. The summed E-state index contributed by atoms with van der Waals surface area (Å²) in [5.74, 6) is 1.16. The molecule has 2 aromatic carbocycles. The van der Waals surface area contributed by atoms with Gasteiger partial charge in [0.15, 0.2) is 0 Å². The molecular weight excluding hydrogens is 398 g/mol. The molecule has 1 amide bonds. The third kappa shape index (κ3) is 5.33. The first kappa shape index (κ1) is 22.4. The maximum absolute atomic E-state index is 12.8. The van der Waals surface area contributed by atoms with Gasteiger partial charge in [0.25, 0.3) is 5.91 Å². The Balaban J connectivity index is 1.44. The van der Waals surface area contributed by atoms with Crippen LogP contribution < -0.4 is 10.1 Å². The minimum absolute atomic E-state index is 0.122. The molecule has 0 unspecified atom stereocenters. The molecule has 5 nitrogen and oxygen atoms in total. The summed E-state index contributed by atoms with van der Waals surface area (Å²) in [6.07, 6.45) is 8.47. The molecule has 0 aliphatic carbocycles. The molecule has 0 spiro atoms. The highest BCUT2D eigenvalue weighted by molar-refractivity contribution is 6.05. The van der Waals surface area contributed by atoms with E-state index in [4.69, 9.17) is 4.74 Å². The van der Waals surface area contributed by atoms with Crippen molar-refractivity contribution >= 4 is 22.5 Å². The second-order valence-electron chi connectivity index (χ2n) is 8.74. The van der Waals surface area contributed by atoms with Gasteiger partial charge in [-0.25, -0.2) is 0 Å². The van der Waals surface area contributed by atoms with Gasteiger partial charge in [-0.3, -0.25) is 4.79 Å². The molecule has 5 heteroatoms. The smallest absolute Gasteiger partial charge is 0.255 e. The van der Waals surface area contributed by atoms with Gasteiger partial charge in [-0.15, -0.1) is 0 Å². The Morgan fingerprint density at radius 2 is 1.97 bits per heavy atom. The molecule has 0 saturated carbocycles. The molecule has 1 aliphatic rings. The summed E-state index contributed by atoms with van der Waals surface area (Å²) in [5, 5.41) is 4.28. The zero-order valence-corrected chi connectivity index (χ0v) is 19.3. The summed E-state index contributed by atoms with van der Waals surface area (Å²) in [6.45, 7) is 8.36. The van der Waals surface area contributed by atoms with Gasteiger partial charge in [-0.2, -0.15) is 0 Å². The van der Waals surface area contributed by atoms with Crippen LogP contribution in [0, 0.1) is 0 Å². The number of unbranched alkanes of at least 4 members (excludes halogenated alkanes) is 2. The van der Waals surface area contributed by atoms with Crippen LogP contribution in [0.3, 0.4) is 0 Å². The van der Waals surface area contributed by atoms with E-state index < -0.39 is 0 Å². The van der Waals surface area contributed by atoms with E-state index >= 15 is 0 Å². The molecule has 32 heavy (non-hydrogen) atoms. The number of carbonyl (C=O) groups excluding carboxylic acids is 1. The first-order chi connectivity index (χ1) is 15.7. The number of amides is 1. The zero-order valence-electron chi connectivity index (χ0n) is 19.3. The Morgan fingerprint density at radius 1 is 1.12 bits per heavy atom. The Bertz CT molecular complexity index is 1030. The Labute approximate surface area is 191 Å². The average Bonchev–Trinajstić information content (AvgIpc) is 3.23. The number of H-pyrrole nitrogens is 1. The third-order valence-corrected chi connectivity index (χ3v) is 6.48. The number of nitrogens with one attached hydrogen (secondary N) is 2. The Hall–Kier alpha value is -2.79. The van der Waals surface area contributed by atoms with Gasteiger partial charge in [0, 0.05) is 28.4 Å². The third-order valence-electron chi connectivity index (χ3n) is 6.48. The van der Waals surface area contributed by atoms with Crippen LogP contribution in [0.1, 0.15) is 67.8 Å². The summed E-state index contributed by atoms with van der Waals surface area (Å²) in [5.41, 5.74) is 3.92. The van der Waals surface area contributed by atoms with Crippen molar-refractivity contribution in [3.05, 3.63) is 59.8 Å². The van der Waals surface area contributed by atoms with Crippen molar-refractivity contribution in [2.45, 2.75) is 51.9 Å². The van der Waals surface area contributed by atoms with Crippen molar-refractivity contribution in [3.8, 4) is 5.75 Å². The van der Waals surface area contributed by atoms with Crippen molar-refractivity contribution in [2.24, 2.45) is 0 Å². The van der Waals surface area contributed by atoms with E-state index in [1.54, 1.807) is 6.07 Å². The van der Waals surface area contributed by atoms with Crippen molar-refractivity contribution in [3.63, 3.8) is 0 Å². The van der Waals surface area contributed by atoms with Crippen molar-refractivity contribution < 1.29 is 9.53 Å². The van der Waals surface area contributed by atoms with Gasteiger partial charge in [0.05, 0.1) is 6.61 Å². The van der Waals surface area contributed by atoms with Crippen LogP contribution >= 0.6 is 0 Å². The number of rotatable bonds is 9. The minimum atomic E-state index is -0.122. The number of nitrogens with zero attached hydrogens (tertiary/aromatic N) is 1. The van der Waals surface area contributed by atoms with E-state index in [1.807, 2.05) is 31.2 Å². The topological polar surface area (TPSA) is 57.4 Å². The van der Waals surface area contributed by atoms with E-state index in [0.717, 1.165) is 11.2 Å². The largest absolute Gasteiger partial charge is 0.494 e. The van der Waals surface area contributed by atoms with Crippen LogP contribution in [0.25, 0.3) is 10.9 Å². The number of hydrogen-bond acceptors (Lipinski definition) is 3. The van der Waals surface area contributed by atoms with E-state index in [0.29, 0.717) is 23.8 Å². The predicted molar refractivity (Wildman–Crippen MR) is 132 cm³/mol. The summed E-state index contributed by atoms with van der Waals surface area (Å²) in [7, 11) is 0. The second kappa shape index (κ2) is 10.7. The summed E-state index contributed by atoms with van der Waals surface area (Å²) in [4.78, 5) is 18.8. The monoisotopic (exact) mass is 433 g/mol. The molecule has 1 saturated heterocycles. The standard InChI is InChI=1S/C27H35N3O2/c1-3-5-6-14-30-15-12-20(13-16-30)25-19-28-26-11-10-22(18-24(25)26)29-27(31)21-8-7-9-23(17-21)32-4-2/h7-11,17-20,28H,3-6,12-16H2,1-2H3,(H,29,31). The number of ether oxygens (including phenoxy) is 1. The maximum atomic E-state index is 12.8. The fraction of sp³-hybridized carbons (Fsp3) is 0.444. The highest BCUT2D eigenvalue weighted by Gasteiger charge is 2.22. The SMILES string of the molecule is CCCCCN1CCC(c2c[nH]c3ccc(NC(=O)c4cccc(OCC)c4)cc23)CC1. The summed E-state index contributed by atoms with van der Waals surface area (Å²) in [6, 6.07) is 13.4. The molecule has 4 rings (SSSR count). The van der Waals surface area contributed by atoms with Crippen LogP contribution in [0.15, 0.2) is 48.7 Å². The van der Waals surface area contributed by atoms with Crippen LogP contribution in [-0.2, 0) is 0 Å². The lowest BCUT2D eigenvalue weighted by atomic mass is 9.89. The number of piperidine rings is 1. The molecule has 0 radical (unpaired) electrons. The van der Waals surface area contributed by atoms with Crippen molar-refractivity contribution in [1.29, 1.82) is 0 Å². The number of fused-ring (bicyclic) bond motifs is 1. The molecule has 2 heterocycles.